The van der Waals surface area contributed by atoms with Crippen LogP contribution in [0.15, 0.2) is 40.6 Å². The highest BCUT2D eigenvalue weighted by molar-refractivity contribution is 7.98. The summed E-state index contributed by atoms with van der Waals surface area (Å²) in [4.78, 5) is 13.8. The standard InChI is InChI=1S/C21H22F3N5O3S2/c1-3-34(30,31)16-10-14(18(13-4-5-13)28-32-8-9-33-2)12-25-19(16)20-26-17-11-15(21(22,23)24)6-7-29(17)27-20/h6-7,10-13H,3-5,8-9H2,1-2H3/b28-18+. The van der Waals surface area contributed by atoms with Crippen molar-refractivity contribution in [1.82, 2.24) is 19.6 Å². The van der Waals surface area contributed by atoms with Crippen molar-refractivity contribution < 1.29 is 26.4 Å². The van der Waals surface area contributed by atoms with Crippen molar-refractivity contribution in [2.24, 2.45) is 11.1 Å². The highest BCUT2D eigenvalue weighted by Gasteiger charge is 2.33. The van der Waals surface area contributed by atoms with Crippen LogP contribution in [0.2, 0.25) is 0 Å². The molecule has 34 heavy (non-hydrogen) atoms. The number of alkyl halides is 3. The fraction of sp³-hybridized carbons (Fsp3) is 0.429. The van der Waals surface area contributed by atoms with Crippen LogP contribution in [0.1, 0.15) is 30.9 Å². The molecule has 0 atom stereocenters. The van der Waals surface area contributed by atoms with Gasteiger partial charge in [0, 0.05) is 29.6 Å². The third-order valence-electron chi connectivity index (χ3n) is 5.25. The van der Waals surface area contributed by atoms with E-state index in [1.165, 1.54) is 19.2 Å². The van der Waals surface area contributed by atoms with Gasteiger partial charge >= 0.3 is 6.18 Å². The predicted molar refractivity (Wildman–Crippen MR) is 123 cm³/mol. The number of nitrogens with zero attached hydrogens (tertiary/aromatic N) is 5. The molecule has 0 saturated heterocycles. The van der Waals surface area contributed by atoms with Gasteiger partial charge in [-0.3, -0.25) is 4.98 Å². The number of sulfone groups is 1. The van der Waals surface area contributed by atoms with Crippen molar-refractivity contribution >= 4 is 33.0 Å². The maximum Gasteiger partial charge on any atom is 0.416 e. The van der Waals surface area contributed by atoms with E-state index in [2.05, 4.69) is 20.2 Å². The Morgan fingerprint density at radius 1 is 1.32 bits per heavy atom. The first-order chi connectivity index (χ1) is 16.1. The molecule has 0 amide bonds. The molecule has 0 N–H and O–H groups in total. The molecule has 4 rings (SSSR count). The highest BCUT2D eigenvalue weighted by Crippen LogP contribution is 2.35. The number of hydrogen-bond donors (Lipinski definition) is 0. The fourth-order valence-electron chi connectivity index (χ4n) is 3.26. The van der Waals surface area contributed by atoms with Gasteiger partial charge in [-0.05, 0) is 37.3 Å². The molecule has 0 spiro atoms. The van der Waals surface area contributed by atoms with E-state index in [0.29, 0.717) is 17.9 Å². The zero-order valence-corrected chi connectivity index (χ0v) is 20.0. The number of thioether (sulfide) groups is 1. The van der Waals surface area contributed by atoms with E-state index in [-0.39, 0.29) is 33.7 Å². The SMILES string of the molecule is CCS(=O)(=O)c1cc(/C(=N/OCCSC)C2CC2)cnc1-c1nc2cc(C(F)(F)F)ccn2n1. The van der Waals surface area contributed by atoms with Crippen molar-refractivity contribution in [3.63, 3.8) is 0 Å². The first kappa shape index (κ1) is 24.5. The van der Waals surface area contributed by atoms with Crippen molar-refractivity contribution in [1.29, 1.82) is 0 Å². The van der Waals surface area contributed by atoms with E-state index in [1.54, 1.807) is 11.8 Å². The molecule has 182 valence electrons. The number of aromatic nitrogens is 4. The van der Waals surface area contributed by atoms with E-state index < -0.39 is 21.6 Å². The van der Waals surface area contributed by atoms with E-state index >= 15 is 0 Å². The summed E-state index contributed by atoms with van der Waals surface area (Å²) in [6.45, 7) is 1.92. The van der Waals surface area contributed by atoms with Crippen molar-refractivity contribution in [3.05, 3.63) is 41.7 Å². The van der Waals surface area contributed by atoms with Crippen LogP contribution in [0.25, 0.3) is 17.2 Å². The second kappa shape index (κ2) is 9.53. The summed E-state index contributed by atoms with van der Waals surface area (Å²) in [6, 6.07) is 3.20. The maximum absolute atomic E-state index is 13.1. The van der Waals surface area contributed by atoms with Gasteiger partial charge in [0.05, 0.1) is 21.9 Å². The van der Waals surface area contributed by atoms with Crippen LogP contribution in [0, 0.1) is 5.92 Å². The van der Waals surface area contributed by atoms with E-state index in [9.17, 15) is 21.6 Å². The van der Waals surface area contributed by atoms with Gasteiger partial charge in [-0.15, -0.1) is 5.10 Å². The minimum Gasteiger partial charge on any atom is -0.395 e. The molecule has 1 aliphatic carbocycles. The zero-order valence-electron chi connectivity index (χ0n) is 18.4. The molecule has 0 aromatic carbocycles. The lowest BCUT2D eigenvalue weighted by Crippen LogP contribution is -2.12. The Morgan fingerprint density at radius 2 is 2.09 bits per heavy atom. The lowest BCUT2D eigenvalue weighted by atomic mass is 10.1. The van der Waals surface area contributed by atoms with E-state index in [4.69, 9.17) is 4.84 Å². The number of rotatable bonds is 9. The Bertz CT molecular complexity index is 1340. The van der Waals surface area contributed by atoms with Gasteiger partial charge in [0.15, 0.2) is 15.5 Å². The zero-order chi connectivity index (χ0) is 24.5. The molecular weight excluding hydrogens is 491 g/mol. The molecule has 3 aromatic rings. The summed E-state index contributed by atoms with van der Waals surface area (Å²) in [6.07, 6.45) is 1.85. The highest BCUT2D eigenvalue weighted by atomic mass is 32.2. The first-order valence-corrected chi connectivity index (χ1v) is 13.5. The van der Waals surface area contributed by atoms with Gasteiger partial charge in [-0.1, -0.05) is 12.1 Å². The van der Waals surface area contributed by atoms with Crippen molar-refractivity contribution in [3.8, 4) is 11.5 Å². The molecule has 8 nitrogen and oxygen atoms in total. The minimum absolute atomic E-state index is 0.0266. The molecule has 0 bridgehead atoms. The minimum atomic E-state index is -4.54. The molecule has 0 radical (unpaired) electrons. The number of pyridine rings is 2. The number of hydrogen-bond acceptors (Lipinski definition) is 8. The third kappa shape index (κ3) is 5.19. The molecule has 0 unspecified atom stereocenters. The quantitative estimate of drug-likeness (QED) is 0.241. The molecular formula is C21H22F3N5O3S2. The summed E-state index contributed by atoms with van der Waals surface area (Å²) in [7, 11) is -3.77. The van der Waals surface area contributed by atoms with Crippen LogP contribution in [0.5, 0.6) is 0 Å². The fourth-order valence-corrected chi connectivity index (χ4v) is 4.56. The summed E-state index contributed by atoms with van der Waals surface area (Å²) in [5, 5.41) is 8.40. The van der Waals surface area contributed by atoms with Crippen molar-refractivity contribution in [2.45, 2.75) is 30.8 Å². The predicted octanol–water partition coefficient (Wildman–Crippen LogP) is 4.10. The maximum atomic E-state index is 13.1. The molecule has 1 saturated carbocycles. The Kier molecular flexibility index (Phi) is 6.85. The average molecular weight is 514 g/mol. The average Bonchev–Trinajstić information content (AvgIpc) is 3.55. The van der Waals surface area contributed by atoms with Crippen LogP contribution in [-0.2, 0) is 20.9 Å². The molecule has 0 aliphatic heterocycles. The Morgan fingerprint density at radius 3 is 2.74 bits per heavy atom. The molecule has 3 aromatic heterocycles. The lowest BCUT2D eigenvalue weighted by Gasteiger charge is -2.10. The molecule has 1 fully saturated rings. The monoisotopic (exact) mass is 513 g/mol. The van der Waals surface area contributed by atoms with Gasteiger partial charge in [0.2, 0.25) is 5.82 Å². The van der Waals surface area contributed by atoms with Crippen molar-refractivity contribution in [2.75, 3.05) is 24.4 Å². The van der Waals surface area contributed by atoms with Crippen LogP contribution >= 0.6 is 11.8 Å². The first-order valence-electron chi connectivity index (χ1n) is 10.5. The van der Waals surface area contributed by atoms with Gasteiger partial charge in [0.1, 0.15) is 12.3 Å². The number of halogens is 3. The number of oxime groups is 1. The van der Waals surface area contributed by atoms with Gasteiger partial charge < -0.3 is 4.84 Å². The van der Waals surface area contributed by atoms with Crippen LogP contribution in [0.4, 0.5) is 13.2 Å². The summed E-state index contributed by atoms with van der Waals surface area (Å²) in [5.74, 6) is 0.646. The van der Waals surface area contributed by atoms with Crippen LogP contribution < -0.4 is 0 Å². The van der Waals surface area contributed by atoms with Crippen LogP contribution in [0.3, 0.4) is 0 Å². The van der Waals surface area contributed by atoms with E-state index in [1.807, 2.05) is 6.26 Å². The van der Waals surface area contributed by atoms with Gasteiger partial charge in [-0.25, -0.2) is 17.9 Å². The lowest BCUT2D eigenvalue weighted by molar-refractivity contribution is -0.137. The second-order valence-electron chi connectivity index (χ2n) is 7.70. The Labute approximate surface area is 198 Å². The largest absolute Gasteiger partial charge is 0.416 e. The summed E-state index contributed by atoms with van der Waals surface area (Å²) >= 11 is 1.62. The summed E-state index contributed by atoms with van der Waals surface area (Å²) in [5.41, 5.74) is 0.172. The second-order valence-corrected chi connectivity index (χ2v) is 10.9. The van der Waals surface area contributed by atoms with Crippen LogP contribution in [-0.4, -0.2) is 58.1 Å². The summed E-state index contributed by atoms with van der Waals surface area (Å²) < 4.78 is 66.2. The Balaban J connectivity index is 1.79. The molecule has 1 aliphatic rings. The van der Waals surface area contributed by atoms with E-state index in [0.717, 1.165) is 41.4 Å². The van der Waals surface area contributed by atoms with Gasteiger partial charge in [-0.2, -0.15) is 24.9 Å². The smallest absolute Gasteiger partial charge is 0.395 e. The molecule has 13 heteroatoms. The third-order valence-corrected chi connectivity index (χ3v) is 7.56. The van der Waals surface area contributed by atoms with Gasteiger partial charge in [0.25, 0.3) is 0 Å². The number of fused-ring (bicyclic) bond motifs is 1. The normalized spacial score (nSPS) is 15.1. The Hall–Kier alpha value is -2.67. The topological polar surface area (TPSA) is 98.8 Å². The molecule has 3 heterocycles.